The highest BCUT2D eigenvalue weighted by Crippen LogP contribution is 2.29. The van der Waals surface area contributed by atoms with Gasteiger partial charge in [0.1, 0.15) is 5.75 Å². The van der Waals surface area contributed by atoms with Gasteiger partial charge in [-0.3, -0.25) is 4.79 Å². The third kappa shape index (κ3) is 4.56. The fraction of sp³-hybridized carbons (Fsp3) is 0.364. The summed E-state index contributed by atoms with van der Waals surface area (Å²) in [5.74, 6) is -1.15. The number of halogens is 4. The first-order chi connectivity index (χ1) is 8.19. The van der Waals surface area contributed by atoms with E-state index in [-0.39, 0.29) is 11.6 Å². The van der Waals surface area contributed by atoms with Crippen LogP contribution in [0.2, 0.25) is 0 Å². The Morgan fingerprint density at radius 3 is 2.50 bits per heavy atom. The van der Waals surface area contributed by atoms with Gasteiger partial charge in [0.2, 0.25) is 0 Å². The fourth-order valence-corrected chi connectivity index (χ4v) is 1.57. The van der Waals surface area contributed by atoms with E-state index in [1.54, 1.807) is 13.8 Å². The zero-order chi connectivity index (χ0) is 13.9. The minimum absolute atomic E-state index is 0.163. The maximum atomic E-state index is 12.2. The van der Waals surface area contributed by atoms with Crippen LogP contribution in [0.3, 0.4) is 0 Å². The summed E-state index contributed by atoms with van der Waals surface area (Å²) in [6.07, 6.45) is -4.84. The Balaban J connectivity index is 3.07. The van der Waals surface area contributed by atoms with E-state index in [0.717, 1.165) is 6.07 Å². The predicted octanol–water partition coefficient (Wildman–Crippen LogP) is 3.49. The maximum Gasteiger partial charge on any atom is 0.573 e. The molecule has 7 heteroatoms. The number of hydrogen-bond donors (Lipinski definition) is 1. The monoisotopic (exact) mass is 325 g/mol. The number of benzene rings is 1. The minimum atomic E-state index is -4.84. The second-order valence-corrected chi connectivity index (χ2v) is 4.73. The Bertz CT molecular complexity index is 446. The number of hydrogen-bond acceptors (Lipinski definition) is 2. The molecule has 0 fully saturated rings. The molecule has 0 aliphatic rings. The largest absolute Gasteiger partial charge is 0.573 e. The van der Waals surface area contributed by atoms with Gasteiger partial charge in [-0.25, -0.2) is 0 Å². The Kier molecular flexibility index (Phi) is 4.61. The van der Waals surface area contributed by atoms with Crippen LogP contribution in [-0.4, -0.2) is 18.3 Å². The van der Waals surface area contributed by atoms with Crippen molar-refractivity contribution in [3.05, 3.63) is 28.2 Å². The predicted molar refractivity (Wildman–Crippen MR) is 63.4 cm³/mol. The lowest BCUT2D eigenvalue weighted by Crippen LogP contribution is -2.31. The Labute approximate surface area is 110 Å². The molecule has 0 aliphatic heterocycles. The quantitative estimate of drug-likeness (QED) is 0.923. The highest BCUT2D eigenvalue weighted by Gasteiger charge is 2.33. The number of carbonyl (C=O) groups excluding carboxylic acids is 1. The second kappa shape index (κ2) is 5.60. The molecule has 0 saturated carbocycles. The molecule has 0 atom stereocenters. The SMILES string of the molecule is CC(C)NC(=O)c1ccc(Br)cc1OC(F)(F)F. The van der Waals surface area contributed by atoms with E-state index < -0.39 is 18.0 Å². The van der Waals surface area contributed by atoms with Crippen molar-refractivity contribution in [1.82, 2.24) is 5.32 Å². The molecule has 0 unspecified atom stereocenters. The maximum absolute atomic E-state index is 12.2. The summed E-state index contributed by atoms with van der Waals surface area (Å²) in [5, 5.41) is 2.50. The first kappa shape index (κ1) is 14.8. The highest BCUT2D eigenvalue weighted by molar-refractivity contribution is 9.10. The van der Waals surface area contributed by atoms with Gasteiger partial charge in [-0.1, -0.05) is 15.9 Å². The minimum Gasteiger partial charge on any atom is -0.405 e. The summed E-state index contributed by atoms with van der Waals surface area (Å²) >= 11 is 3.02. The van der Waals surface area contributed by atoms with Crippen LogP contribution in [0.15, 0.2) is 22.7 Å². The molecule has 0 aromatic heterocycles. The lowest BCUT2D eigenvalue weighted by molar-refractivity contribution is -0.274. The first-order valence-electron chi connectivity index (χ1n) is 5.05. The molecule has 1 amide bonds. The van der Waals surface area contributed by atoms with Gasteiger partial charge < -0.3 is 10.1 Å². The highest BCUT2D eigenvalue weighted by atomic mass is 79.9. The topological polar surface area (TPSA) is 38.3 Å². The van der Waals surface area contributed by atoms with Gasteiger partial charge in [-0.2, -0.15) is 0 Å². The zero-order valence-corrected chi connectivity index (χ0v) is 11.2. The molecule has 0 aliphatic carbocycles. The molecule has 0 spiro atoms. The van der Waals surface area contributed by atoms with Gasteiger partial charge in [0, 0.05) is 10.5 Å². The molecule has 1 aromatic rings. The average Bonchev–Trinajstić information content (AvgIpc) is 2.13. The molecular weight excluding hydrogens is 315 g/mol. The van der Waals surface area contributed by atoms with Gasteiger partial charge in [-0.15, -0.1) is 13.2 Å². The van der Waals surface area contributed by atoms with Crippen molar-refractivity contribution in [3.8, 4) is 5.75 Å². The van der Waals surface area contributed by atoms with Crippen molar-refractivity contribution in [1.29, 1.82) is 0 Å². The number of alkyl halides is 3. The van der Waals surface area contributed by atoms with Crippen LogP contribution in [0, 0.1) is 0 Å². The summed E-state index contributed by atoms with van der Waals surface area (Å²) in [6.45, 7) is 3.42. The number of carbonyl (C=O) groups is 1. The molecule has 1 N–H and O–H groups in total. The van der Waals surface area contributed by atoms with Crippen LogP contribution in [0.25, 0.3) is 0 Å². The molecule has 0 saturated heterocycles. The van der Waals surface area contributed by atoms with Gasteiger partial charge in [0.15, 0.2) is 0 Å². The number of rotatable bonds is 3. The summed E-state index contributed by atoms with van der Waals surface area (Å²) in [6, 6.07) is 3.66. The Morgan fingerprint density at radius 1 is 1.39 bits per heavy atom. The smallest absolute Gasteiger partial charge is 0.405 e. The van der Waals surface area contributed by atoms with E-state index in [2.05, 4.69) is 26.0 Å². The van der Waals surface area contributed by atoms with Crippen molar-refractivity contribution in [2.45, 2.75) is 26.3 Å². The van der Waals surface area contributed by atoms with Gasteiger partial charge in [0.25, 0.3) is 5.91 Å². The standard InChI is InChI=1S/C11H11BrF3NO2/c1-6(2)16-10(17)8-4-3-7(12)5-9(8)18-11(13,14)15/h3-6H,1-2H3,(H,16,17). The van der Waals surface area contributed by atoms with Gasteiger partial charge in [-0.05, 0) is 32.0 Å². The Hall–Kier alpha value is -1.24. The van der Waals surface area contributed by atoms with Crippen molar-refractivity contribution in [3.63, 3.8) is 0 Å². The third-order valence-corrected chi connectivity index (χ3v) is 2.33. The third-order valence-electron chi connectivity index (χ3n) is 1.83. The lowest BCUT2D eigenvalue weighted by atomic mass is 10.2. The molecular formula is C11H11BrF3NO2. The number of amides is 1. The molecule has 100 valence electrons. The summed E-state index contributed by atoms with van der Waals surface area (Å²) < 4.78 is 40.8. The Morgan fingerprint density at radius 2 is 2.00 bits per heavy atom. The van der Waals surface area contributed by atoms with E-state index in [1.165, 1.54) is 12.1 Å². The molecule has 3 nitrogen and oxygen atoms in total. The lowest BCUT2D eigenvalue weighted by Gasteiger charge is -2.14. The van der Waals surface area contributed by atoms with Gasteiger partial charge >= 0.3 is 6.36 Å². The van der Waals surface area contributed by atoms with Crippen molar-refractivity contribution in [2.24, 2.45) is 0 Å². The van der Waals surface area contributed by atoms with E-state index in [0.29, 0.717) is 4.47 Å². The van der Waals surface area contributed by atoms with Crippen molar-refractivity contribution >= 4 is 21.8 Å². The number of nitrogens with one attached hydrogen (secondary N) is 1. The second-order valence-electron chi connectivity index (χ2n) is 3.82. The van der Waals surface area contributed by atoms with E-state index in [4.69, 9.17) is 0 Å². The summed E-state index contributed by atoms with van der Waals surface area (Å²) in [5.41, 5.74) is -0.163. The molecule has 1 rings (SSSR count). The first-order valence-corrected chi connectivity index (χ1v) is 5.84. The average molecular weight is 326 g/mol. The van der Waals surface area contributed by atoms with E-state index in [1.807, 2.05) is 0 Å². The van der Waals surface area contributed by atoms with Crippen LogP contribution in [-0.2, 0) is 0 Å². The van der Waals surface area contributed by atoms with Crippen LogP contribution in [0.1, 0.15) is 24.2 Å². The number of ether oxygens (including phenoxy) is 1. The summed E-state index contributed by atoms with van der Waals surface area (Å²) in [4.78, 5) is 11.7. The fourth-order valence-electron chi connectivity index (χ4n) is 1.23. The van der Waals surface area contributed by atoms with Crippen LogP contribution in [0.5, 0.6) is 5.75 Å². The van der Waals surface area contributed by atoms with E-state index >= 15 is 0 Å². The van der Waals surface area contributed by atoms with Crippen LogP contribution >= 0.6 is 15.9 Å². The molecule has 0 radical (unpaired) electrons. The van der Waals surface area contributed by atoms with Crippen LogP contribution < -0.4 is 10.1 Å². The molecule has 0 bridgehead atoms. The molecule has 1 aromatic carbocycles. The van der Waals surface area contributed by atoms with Crippen molar-refractivity contribution in [2.75, 3.05) is 0 Å². The molecule has 18 heavy (non-hydrogen) atoms. The van der Waals surface area contributed by atoms with E-state index in [9.17, 15) is 18.0 Å². The van der Waals surface area contributed by atoms with Gasteiger partial charge in [0.05, 0.1) is 5.56 Å². The van der Waals surface area contributed by atoms with Crippen molar-refractivity contribution < 1.29 is 22.7 Å². The molecule has 0 heterocycles. The zero-order valence-electron chi connectivity index (χ0n) is 9.64. The van der Waals surface area contributed by atoms with Crippen LogP contribution in [0.4, 0.5) is 13.2 Å². The summed E-state index contributed by atoms with van der Waals surface area (Å²) in [7, 11) is 0. The normalized spacial score (nSPS) is 11.5.